The van der Waals surface area contributed by atoms with Crippen molar-refractivity contribution in [2.24, 2.45) is 5.73 Å². The third-order valence-electron chi connectivity index (χ3n) is 1.98. The number of nitrogens with two attached hydrogens (primary N) is 1. The van der Waals surface area contributed by atoms with Crippen LogP contribution in [0.15, 0.2) is 6.07 Å². The lowest BCUT2D eigenvalue weighted by Crippen LogP contribution is -2.43. The molecule has 0 saturated carbocycles. The first-order chi connectivity index (χ1) is 8.31. The molecule has 0 aliphatic carbocycles. The van der Waals surface area contributed by atoms with Crippen molar-refractivity contribution in [2.75, 3.05) is 0 Å². The van der Waals surface area contributed by atoms with E-state index in [1.807, 2.05) is 0 Å². The zero-order valence-electron chi connectivity index (χ0n) is 8.87. The lowest BCUT2D eigenvalue weighted by atomic mass is 10.2. The van der Waals surface area contributed by atoms with Gasteiger partial charge in [0.25, 0.3) is 5.91 Å². The van der Waals surface area contributed by atoms with Crippen LogP contribution in [0, 0.1) is 0 Å². The maximum atomic E-state index is 11.6. The van der Waals surface area contributed by atoms with Crippen LogP contribution in [0.3, 0.4) is 0 Å². The summed E-state index contributed by atoms with van der Waals surface area (Å²) < 4.78 is 0. The van der Waals surface area contributed by atoms with Gasteiger partial charge in [-0.25, -0.2) is 4.79 Å². The standard InChI is InChI=1S/C9H9Cl2N3O4/c10-3-1-4(13-7(3)11)8(16)14-5(9(17)18)2-6(12)15/h1,5,13H,2H2,(H2,12,15)(H,14,16)(H,17,18)/t5-/m1/s1. The Morgan fingerprint density at radius 2 is 2.06 bits per heavy atom. The molecule has 2 amide bonds. The molecule has 0 spiro atoms. The van der Waals surface area contributed by atoms with Crippen LogP contribution in [-0.4, -0.2) is 33.9 Å². The first-order valence-corrected chi connectivity index (χ1v) is 5.43. The van der Waals surface area contributed by atoms with Gasteiger partial charge in [-0.1, -0.05) is 23.2 Å². The Morgan fingerprint density at radius 1 is 1.44 bits per heavy atom. The smallest absolute Gasteiger partial charge is 0.326 e. The van der Waals surface area contributed by atoms with Crippen molar-refractivity contribution >= 4 is 41.0 Å². The molecule has 5 N–H and O–H groups in total. The minimum absolute atomic E-state index is 0.0132. The zero-order chi connectivity index (χ0) is 13.9. The highest BCUT2D eigenvalue weighted by Gasteiger charge is 2.23. The summed E-state index contributed by atoms with van der Waals surface area (Å²) in [7, 11) is 0. The van der Waals surface area contributed by atoms with Crippen LogP contribution >= 0.6 is 23.2 Å². The second-order valence-corrected chi connectivity index (χ2v) is 4.16. The van der Waals surface area contributed by atoms with Gasteiger partial charge in [-0.05, 0) is 6.07 Å². The first kappa shape index (κ1) is 14.3. The highest BCUT2D eigenvalue weighted by molar-refractivity contribution is 6.41. The van der Waals surface area contributed by atoms with E-state index in [1.54, 1.807) is 0 Å². The van der Waals surface area contributed by atoms with Crippen molar-refractivity contribution < 1.29 is 19.5 Å². The van der Waals surface area contributed by atoms with Gasteiger partial charge in [0.05, 0.1) is 11.4 Å². The Bertz CT molecular complexity index is 481. The van der Waals surface area contributed by atoms with Gasteiger partial charge in [-0.2, -0.15) is 0 Å². The number of halogens is 2. The van der Waals surface area contributed by atoms with Crippen LogP contribution < -0.4 is 11.1 Å². The molecule has 1 atom stereocenters. The van der Waals surface area contributed by atoms with Gasteiger partial charge in [0.1, 0.15) is 16.9 Å². The van der Waals surface area contributed by atoms with E-state index in [-0.39, 0.29) is 15.9 Å². The number of carbonyl (C=O) groups is 3. The van der Waals surface area contributed by atoms with Gasteiger partial charge < -0.3 is 21.1 Å². The molecule has 1 aromatic heterocycles. The van der Waals surface area contributed by atoms with E-state index >= 15 is 0 Å². The second kappa shape index (κ2) is 5.74. The summed E-state index contributed by atoms with van der Waals surface area (Å²) in [5, 5.41) is 11.1. The van der Waals surface area contributed by atoms with Crippen LogP contribution in [0.2, 0.25) is 10.2 Å². The molecule has 0 bridgehead atoms. The predicted molar refractivity (Wildman–Crippen MR) is 63.5 cm³/mol. The van der Waals surface area contributed by atoms with Crippen LogP contribution in [0.5, 0.6) is 0 Å². The van der Waals surface area contributed by atoms with Gasteiger partial charge in [-0.15, -0.1) is 0 Å². The highest BCUT2D eigenvalue weighted by atomic mass is 35.5. The highest BCUT2D eigenvalue weighted by Crippen LogP contribution is 2.21. The van der Waals surface area contributed by atoms with Crippen molar-refractivity contribution in [1.29, 1.82) is 0 Å². The molecule has 0 fully saturated rings. The Balaban J connectivity index is 2.78. The Morgan fingerprint density at radius 3 is 2.44 bits per heavy atom. The second-order valence-electron chi connectivity index (χ2n) is 3.38. The molecule has 18 heavy (non-hydrogen) atoms. The Labute approximate surface area is 111 Å². The van der Waals surface area contributed by atoms with Gasteiger partial charge in [0.2, 0.25) is 5.91 Å². The maximum Gasteiger partial charge on any atom is 0.326 e. The number of carbonyl (C=O) groups excluding carboxylic acids is 2. The molecular formula is C9H9Cl2N3O4. The first-order valence-electron chi connectivity index (χ1n) is 4.67. The number of carboxylic acids is 1. The fourth-order valence-electron chi connectivity index (χ4n) is 1.16. The molecule has 0 unspecified atom stereocenters. The number of nitrogens with one attached hydrogen (secondary N) is 2. The van der Waals surface area contributed by atoms with Crippen molar-refractivity contribution in [1.82, 2.24) is 10.3 Å². The zero-order valence-corrected chi connectivity index (χ0v) is 10.4. The van der Waals surface area contributed by atoms with Crippen LogP contribution in [0.4, 0.5) is 0 Å². The third kappa shape index (κ3) is 3.64. The fraction of sp³-hybridized carbons (Fsp3) is 0.222. The molecule has 0 aliphatic rings. The average molecular weight is 294 g/mol. The number of amides is 2. The maximum absolute atomic E-state index is 11.6. The number of primary amides is 1. The average Bonchev–Trinajstić information content (AvgIpc) is 2.57. The van der Waals surface area contributed by atoms with Crippen molar-refractivity contribution in [2.45, 2.75) is 12.5 Å². The summed E-state index contributed by atoms with van der Waals surface area (Å²) >= 11 is 11.2. The molecule has 7 nitrogen and oxygen atoms in total. The molecule has 98 valence electrons. The lowest BCUT2D eigenvalue weighted by molar-refractivity contribution is -0.140. The number of H-pyrrole nitrogens is 1. The van der Waals surface area contributed by atoms with E-state index in [2.05, 4.69) is 10.3 Å². The van der Waals surface area contributed by atoms with E-state index in [4.69, 9.17) is 34.0 Å². The number of hydrogen-bond donors (Lipinski definition) is 4. The summed E-state index contributed by atoms with van der Waals surface area (Å²) in [6.45, 7) is 0. The van der Waals surface area contributed by atoms with Crippen LogP contribution in [-0.2, 0) is 9.59 Å². The number of aliphatic carboxylic acids is 1. The van der Waals surface area contributed by atoms with Crippen molar-refractivity contribution in [3.63, 3.8) is 0 Å². The number of aromatic nitrogens is 1. The molecule has 0 radical (unpaired) electrons. The summed E-state index contributed by atoms with van der Waals surface area (Å²) in [6, 6.07) is -0.168. The quantitative estimate of drug-likeness (QED) is 0.626. The van der Waals surface area contributed by atoms with Crippen LogP contribution in [0.1, 0.15) is 16.9 Å². The lowest BCUT2D eigenvalue weighted by Gasteiger charge is -2.11. The molecule has 1 aromatic rings. The molecule has 0 aliphatic heterocycles. The minimum Gasteiger partial charge on any atom is -0.480 e. The summed E-state index contributed by atoms with van der Waals surface area (Å²) in [4.78, 5) is 35.5. The molecule has 1 rings (SSSR count). The normalized spacial score (nSPS) is 11.9. The minimum atomic E-state index is -1.41. The molecule has 0 aromatic carbocycles. The van der Waals surface area contributed by atoms with Crippen molar-refractivity contribution in [3.05, 3.63) is 21.9 Å². The summed E-state index contributed by atoms with van der Waals surface area (Å²) in [5.41, 5.74) is 4.86. The van der Waals surface area contributed by atoms with E-state index in [0.717, 1.165) is 0 Å². The van der Waals surface area contributed by atoms with Gasteiger partial charge >= 0.3 is 5.97 Å². The molecule has 1 heterocycles. The van der Waals surface area contributed by atoms with E-state index < -0.39 is 30.2 Å². The van der Waals surface area contributed by atoms with Crippen molar-refractivity contribution in [3.8, 4) is 0 Å². The molecule has 0 saturated heterocycles. The topological polar surface area (TPSA) is 125 Å². The SMILES string of the molecule is NC(=O)C[C@@H](NC(=O)c1cc(Cl)c(Cl)[nH]1)C(=O)O. The fourth-order valence-corrected chi connectivity index (χ4v) is 1.48. The molecule has 9 heteroatoms. The van der Waals surface area contributed by atoms with Gasteiger partial charge in [-0.3, -0.25) is 9.59 Å². The number of carboxylic acid groups (broad SMARTS) is 1. The Hall–Kier alpha value is -1.73. The Kier molecular flexibility index (Phi) is 4.57. The number of hydrogen-bond acceptors (Lipinski definition) is 3. The number of aromatic amines is 1. The van der Waals surface area contributed by atoms with E-state index in [0.29, 0.717) is 0 Å². The molecular weight excluding hydrogens is 285 g/mol. The predicted octanol–water partition coefficient (Wildman–Crippen LogP) is 0.380. The summed E-state index contributed by atoms with van der Waals surface area (Å²) in [6.07, 6.45) is -0.511. The summed E-state index contributed by atoms with van der Waals surface area (Å²) in [5.74, 6) is -2.96. The monoisotopic (exact) mass is 293 g/mol. The largest absolute Gasteiger partial charge is 0.480 e. The van der Waals surface area contributed by atoms with E-state index in [1.165, 1.54) is 6.07 Å². The third-order valence-corrected chi connectivity index (χ3v) is 2.67. The van der Waals surface area contributed by atoms with E-state index in [9.17, 15) is 14.4 Å². The van der Waals surface area contributed by atoms with Gasteiger partial charge in [0, 0.05) is 0 Å². The number of rotatable bonds is 5. The van der Waals surface area contributed by atoms with Crippen LogP contribution in [0.25, 0.3) is 0 Å². The van der Waals surface area contributed by atoms with Gasteiger partial charge in [0.15, 0.2) is 0 Å².